The Bertz CT molecular complexity index is 759. The van der Waals surface area contributed by atoms with Crippen LogP contribution in [0.5, 0.6) is 0 Å². The number of ketones is 1. The fraction of sp³-hybridized carbons (Fsp3) is 0.316. The molecule has 0 saturated heterocycles. The van der Waals surface area contributed by atoms with E-state index in [9.17, 15) is 23.1 Å². The highest BCUT2D eigenvalue weighted by molar-refractivity contribution is 9.10. The van der Waals surface area contributed by atoms with Crippen molar-refractivity contribution in [1.29, 1.82) is 0 Å². The molecule has 2 aromatic carbocycles. The fourth-order valence-electron chi connectivity index (χ4n) is 2.12. The van der Waals surface area contributed by atoms with Gasteiger partial charge >= 0.3 is 6.18 Å². The van der Waals surface area contributed by atoms with E-state index < -0.39 is 11.8 Å². The second-order valence-corrected chi connectivity index (χ2v) is 7.99. The van der Waals surface area contributed by atoms with Gasteiger partial charge in [-0.2, -0.15) is 13.2 Å². The van der Waals surface area contributed by atoms with Crippen molar-refractivity contribution in [3.05, 3.63) is 67.6 Å². The lowest BCUT2D eigenvalue weighted by Gasteiger charge is -2.27. The van der Waals surface area contributed by atoms with Crippen molar-refractivity contribution < 1.29 is 23.1 Å². The van der Waals surface area contributed by atoms with Crippen molar-refractivity contribution in [2.75, 3.05) is 0 Å². The molecule has 0 aliphatic rings. The van der Waals surface area contributed by atoms with E-state index in [2.05, 4.69) is 31.9 Å². The van der Waals surface area contributed by atoms with E-state index in [-0.39, 0.29) is 11.3 Å². The van der Waals surface area contributed by atoms with Gasteiger partial charge in [-0.25, -0.2) is 0 Å². The lowest BCUT2D eigenvalue weighted by molar-refractivity contribution is -0.258. The van der Waals surface area contributed by atoms with Crippen LogP contribution in [0.15, 0.2) is 45.3 Å². The second-order valence-electron chi connectivity index (χ2n) is 6.16. The number of aryl methyl sites for hydroxylation is 2. The van der Waals surface area contributed by atoms with E-state index in [4.69, 9.17) is 0 Å². The third-order valence-electron chi connectivity index (χ3n) is 3.60. The summed E-state index contributed by atoms with van der Waals surface area (Å²) in [5.74, 6) is 0.106. The van der Waals surface area contributed by atoms with Gasteiger partial charge in [0.25, 0.3) is 0 Å². The summed E-state index contributed by atoms with van der Waals surface area (Å²) in [6.07, 6.45) is -4.68. The third-order valence-corrected chi connectivity index (χ3v) is 4.52. The summed E-state index contributed by atoms with van der Waals surface area (Å²) >= 11 is 6.42. The predicted molar refractivity (Wildman–Crippen MR) is 103 cm³/mol. The highest BCUT2D eigenvalue weighted by atomic mass is 79.9. The molecule has 0 amide bonds. The maximum atomic E-state index is 12.5. The molecule has 2 nitrogen and oxygen atoms in total. The molecule has 0 saturated carbocycles. The zero-order chi connectivity index (χ0) is 20.3. The number of carbonyl (C=O) groups is 1. The van der Waals surface area contributed by atoms with E-state index in [0.29, 0.717) is 10.0 Å². The van der Waals surface area contributed by atoms with Crippen molar-refractivity contribution in [2.45, 2.75) is 39.5 Å². The van der Waals surface area contributed by atoms with Gasteiger partial charge in [0.05, 0.1) is 0 Å². The smallest absolute Gasteiger partial charge is 0.376 e. The minimum Gasteiger partial charge on any atom is -0.376 e. The van der Waals surface area contributed by atoms with Crippen LogP contribution >= 0.6 is 31.9 Å². The van der Waals surface area contributed by atoms with Crippen LogP contribution < -0.4 is 0 Å². The molecule has 1 N–H and O–H groups in total. The number of alkyl halides is 3. The Hall–Kier alpha value is -1.18. The second kappa shape index (κ2) is 8.67. The number of halogens is 5. The van der Waals surface area contributed by atoms with Gasteiger partial charge in [-0.3, -0.25) is 4.79 Å². The molecule has 2 rings (SSSR count). The number of aliphatic hydroxyl groups is 1. The minimum atomic E-state index is -4.68. The van der Waals surface area contributed by atoms with Gasteiger partial charge < -0.3 is 5.11 Å². The van der Waals surface area contributed by atoms with Gasteiger partial charge in [0.2, 0.25) is 0 Å². The van der Waals surface area contributed by atoms with Crippen LogP contribution in [0.4, 0.5) is 13.2 Å². The van der Waals surface area contributed by atoms with Gasteiger partial charge in [-0.05, 0) is 74.7 Å². The van der Waals surface area contributed by atoms with Crippen LogP contribution in [0.3, 0.4) is 0 Å². The lowest BCUT2D eigenvalue weighted by Crippen LogP contribution is -2.39. The standard InChI is InChI=1S/C10H10BrF3O.C9H9BrO/c1-6-3-7(5-8(11)4-6)9(2,15)10(12,13)14;1-6-3-8(7(2)11)5-9(10)4-6/h3-5,15H,1-2H3;3-5H,1-2H3. The molecule has 0 heterocycles. The molecule has 0 aliphatic heterocycles. The van der Waals surface area contributed by atoms with Gasteiger partial charge in [0, 0.05) is 14.5 Å². The van der Waals surface area contributed by atoms with Gasteiger partial charge in [0.15, 0.2) is 11.4 Å². The molecule has 0 radical (unpaired) electrons. The molecule has 0 aliphatic carbocycles. The van der Waals surface area contributed by atoms with E-state index in [1.54, 1.807) is 19.9 Å². The maximum absolute atomic E-state index is 12.5. The largest absolute Gasteiger partial charge is 0.421 e. The Morgan fingerprint density at radius 1 is 0.923 bits per heavy atom. The molecule has 0 bridgehead atoms. The number of rotatable bonds is 2. The number of hydrogen-bond donors (Lipinski definition) is 1. The maximum Gasteiger partial charge on any atom is 0.421 e. The molecular formula is C19H19Br2F3O2. The first-order chi connectivity index (χ1) is 11.7. The molecule has 142 valence electrons. The Morgan fingerprint density at radius 3 is 1.77 bits per heavy atom. The van der Waals surface area contributed by atoms with Crippen molar-refractivity contribution >= 4 is 37.6 Å². The van der Waals surface area contributed by atoms with Crippen LogP contribution in [-0.4, -0.2) is 17.1 Å². The number of Topliss-reactive ketones (excluding diaryl/α,β-unsaturated/α-hetero) is 1. The van der Waals surface area contributed by atoms with Crippen LogP contribution in [-0.2, 0) is 5.60 Å². The molecule has 1 atom stereocenters. The van der Waals surface area contributed by atoms with E-state index in [0.717, 1.165) is 22.5 Å². The van der Waals surface area contributed by atoms with Crippen LogP contribution in [0.25, 0.3) is 0 Å². The predicted octanol–water partition coefficient (Wildman–Crippen LogP) is 6.49. The van der Waals surface area contributed by atoms with Gasteiger partial charge in [0.1, 0.15) is 0 Å². The fourth-order valence-corrected chi connectivity index (χ4v) is 3.34. The first kappa shape index (κ1) is 22.9. The quantitative estimate of drug-likeness (QED) is 0.483. The minimum absolute atomic E-state index is 0.106. The highest BCUT2D eigenvalue weighted by Gasteiger charge is 2.51. The molecule has 2 aromatic rings. The normalized spacial score (nSPS) is 13.5. The Morgan fingerprint density at radius 2 is 1.38 bits per heavy atom. The monoisotopic (exact) mass is 494 g/mol. The van der Waals surface area contributed by atoms with E-state index in [1.807, 2.05) is 25.1 Å². The SMILES string of the molecule is CC(=O)c1cc(C)cc(Br)c1.Cc1cc(Br)cc(C(C)(O)C(F)(F)F)c1. The number of hydrogen-bond acceptors (Lipinski definition) is 2. The highest BCUT2D eigenvalue weighted by Crippen LogP contribution is 2.39. The number of benzene rings is 2. The van der Waals surface area contributed by atoms with Gasteiger partial charge in [-0.15, -0.1) is 0 Å². The zero-order valence-electron chi connectivity index (χ0n) is 14.7. The van der Waals surface area contributed by atoms with Gasteiger partial charge in [-0.1, -0.05) is 37.9 Å². The van der Waals surface area contributed by atoms with Crippen molar-refractivity contribution in [1.82, 2.24) is 0 Å². The van der Waals surface area contributed by atoms with Crippen molar-refractivity contribution in [3.63, 3.8) is 0 Å². The van der Waals surface area contributed by atoms with Crippen molar-refractivity contribution in [3.8, 4) is 0 Å². The summed E-state index contributed by atoms with van der Waals surface area (Å²) in [7, 11) is 0. The van der Waals surface area contributed by atoms with Crippen LogP contribution in [0, 0.1) is 13.8 Å². The third kappa shape index (κ3) is 6.21. The average Bonchev–Trinajstić information content (AvgIpc) is 2.44. The van der Waals surface area contributed by atoms with Crippen LogP contribution in [0.2, 0.25) is 0 Å². The Balaban J connectivity index is 0.000000273. The lowest BCUT2D eigenvalue weighted by atomic mass is 9.94. The zero-order valence-corrected chi connectivity index (χ0v) is 17.9. The topological polar surface area (TPSA) is 37.3 Å². The summed E-state index contributed by atoms with van der Waals surface area (Å²) < 4.78 is 39.0. The average molecular weight is 496 g/mol. The summed E-state index contributed by atoms with van der Waals surface area (Å²) in [6.45, 7) is 5.95. The summed E-state index contributed by atoms with van der Waals surface area (Å²) in [5.41, 5.74) is -0.464. The van der Waals surface area contributed by atoms with Crippen molar-refractivity contribution in [2.24, 2.45) is 0 Å². The number of carbonyl (C=O) groups excluding carboxylic acids is 1. The van der Waals surface area contributed by atoms with Crippen LogP contribution in [0.1, 0.15) is 40.9 Å². The molecule has 7 heteroatoms. The molecular weight excluding hydrogens is 477 g/mol. The molecule has 0 fully saturated rings. The molecule has 1 unspecified atom stereocenters. The first-order valence-corrected chi connectivity index (χ1v) is 9.17. The summed E-state index contributed by atoms with van der Waals surface area (Å²) in [6, 6.07) is 9.95. The summed E-state index contributed by atoms with van der Waals surface area (Å²) in [5, 5.41) is 9.43. The molecule has 26 heavy (non-hydrogen) atoms. The first-order valence-electron chi connectivity index (χ1n) is 7.59. The molecule has 0 aromatic heterocycles. The Kier molecular flexibility index (Phi) is 7.62. The van der Waals surface area contributed by atoms with E-state index >= 15 is 0 Å². The summed E-state index contributed by atoms with van der Waals surface area (Å²) in [4.78, 5) is 10.9. The van der Waals surface area contributed by atoms with E-state index in [1.165, 1.54) is 12.1 Å². The molecule has 0 spiro atoms. The Labute approximate surface area is 167 Å².